The fraction of sp³-hybridized carbons (Fsp3) is 0.286. The first-order valence-electron chi connectivity index (χ1n) is 9.34. The Labute approximate surface area is 189 Å². The smallest absolute Gasteiger partial charge is 0.234 e. The van der Waals surface area contributed by atoms with Crippen molar-refractivity contribution in [2.24, 2.45) is 13.0 Å². The molecule has 9 heteroatoms. The van der Waals surface area contributed by atoms with E-state index >= 15 is 0 Å². The highest BCUT2D eigenvalue weighted by Crippen LogP contribution is 2.27. The van der Waals surface area contributed by atoms with Crippen LogP contribution in [0.2, 0.25) is 10.0 Å². The molecule has 0 fully saturated rings. The quantitative estimate of drug-likeness (QED) is 0.442. The Morgan fingerprint density at radius 1 is 1.17 bits per heavy atom. The number of halogens is 2. The molecule has 0 radical (unpaired) electrons. The lowest BCUT2D eigenvalue weighted by molar-refractivity contribution is -0.113. The minimum absolute atomic E-state index is 0.163. The van der Waals surface area contributed by atoms with Gasteiger partial charge in [-0.3, -0.25) is 4.79 Å². The number of nitrogens with zero attached hydrogens (tertiary/aromatic N) is 3. The molecule has 1 heterocycles. The lowest BCUT2D eigenvalue weighted by Gasteiger charge is -2.09. The summed E-state index contributed by atoms with van der Waals surface area (Å²) in [5.41, 5.74) is 1.40. The highest BCUT2D eigenvalue weighted by Gasteiger charge is 2.14. The minimum Gasteiger partial charge on any atom is -0.493 e. The van der Waals surface area contributed by atoms with Gasteiger partial charge in [0.25, 0.3) is 0 Å². The number of anilines is 1. The third-order valence-corrected chi connectivity index (χ3v) is 5.65. The highest BCUT2D eigenvalue weighted by molar-refractivity contribution is 7.99. The van der Waals surface area contributed by atoms with Gasteiger partial charge < -0.3 is 14.6 Å². The molecule has 30 heavy (non-hydrogen) atoms. The van der Waals surface area contributed by atoms with Crippen LogP contribution in [0.5, 0.6) is 5.75 Å². The number of thioether (sulfide) groups is 1. The van der Waals surface area contributed by atoms with E-state index in [4.69, 9.17) is 27.9 Å². The summed E-state index contributed by atoms with van der Waals surface area (Å²) in [4.78, 5) is 12.3. The first-order chi connectivity index (χ1) is 14.3. The molecule has 0 aliphatic carbocycles. The Kier molecular flexibility index (Phi) is 7.64. The van der Waals surface area contributed by atoms with Crippen molar-refractivity contribution in [2.75, 3.05) is 17.7 Å². The lowest BCUT2D eigenvalue weighted by atomic mass is 10.2. The lowest BCUT2D eigenvalue weighted by Crippen LogP contribution is -2.14. The Morgan fingerprint density at radius 2 is 1.90 bits per heavy atom. The van der Waals surface area contributed by atoms with Gasteiger partial charge in [-0.05, 0) is 48.4 Å². The molecule has 6 nitrogen and oxygen atoms in total. The van der Waals surface area contributed by atoms with Crippen LogP contribution < -0.4 is 10.1 Å². The molecule has 0 aliphatic rings. The molecule has 3 aromatic rings. The fourth-order valence-corrected chi connectivity index (χ4v) is 3.61. The maximum Gasteiger partial charge on any atom is 0.234 e. The molecule has 0 spiro atoms. The van der Waals surface area contributed by atoms with E-state index in [0.717, 1.165) is 11.3 Å². The molecule has 3 rings (SSSR count). The summed E-state index contributed by atoms with van der Waals surface area (Å²) < 4.78 is 7.57. The predicted molar refractivity (Wildman–Crippen MR) is 123 cm³/mol. The highest BCUT2D eigenvalue weighted by atomic mass is 35.5. The molecule has 0 aliphatic heterocycles. The second kappa shape index (κ2) is 10.2. The van der Waals surface area contributed by atoms with Gasteiger partial charge >= 0.3 is 0 Å². The van der Waals surface area contributed by atoms with Crippen molar-refractivity contribution >= 4 is 46.6 Å². The molecule has 0 unspecified atom stereocenters. The summed E-state index contributed by atoms with van der Waals surface area (Å²) in [6, 6.07) is 12.6. The summed E-state index contributed by atoms with van der Waals surface area (Å²) in [5.74, 6) is 1.96. The Balaban J connectivity index is 1.61. The topological polar surface area (TPSA) is 69.0 Å². The van der Waals surface area contributed by atoms with Crippen molar-refractivity contribution in [3.63, 3.8) is 0 Å². The third kappa shape index (κ3) is 5.90. The maximum absolute atomic E-state index is 12.3. The second-order valence-electron chi connectivity index (χ2n) is 7.06. The monoisotopic (exact) mass is 464 g/mol. The van der Waals surface area contributed by atoms with Gasteiger partial charge in [0.05, 0.1) is 23.1 Å². The zero-order chi connectivity index (χ0) is 21.7. The molecule has 0 saturated heterocycles. The summed E-state index contributed by atoms with van der Waals surface area (Å²) in [5, 5.41) is 12.8. The average Bonchev–Trinajstić information content (AvgIpc) is 3.08. The van der Waals surface area contributed by atoms with Gasteiger partial charge in [0.2, 0.25) is 5.91 Å². The number of hydrogen-bond acceptors (Lipinski definition) is 5. The number of carbonyl (C=O) groups excluding carboxylic acids is 1. The summed E-state index contributed by atoms with van der Waals surface area (Å²) >= 11 is 13.3. The summed E-state index contributed by atoms with van der Waals surface area (Å²) in [7, 11) is 1.87. The molecule has 2 aromatic carbocycles. The number of ether oxygens (including phenoxy) is 1. The van der Waals surface area contributed by atoms with Crippen molar-refractivity contribution < 1.29 is 9.53 Å². The summed E-state index contributed by atoms with van der Waals surface area (Å²) in [6.07, 6.45) is 0. The standard InChI is InChI=1S/C21H22Cl2N4O2S/c1-13(2)11-29-16-7-4-14(5-8-16)20-25-26-21(27(20)3)30-12-19(28)24-18-10-15(22)6-9-17(18)23/h4-10,13H,11-12H2,1-3H3,(H,24,28). The van der Waals surface area contributed by atoms with Gasteiger partial charge in [-0.1, -0.05) is 48.8 Å². The third-order valence-electron chi connectivity index (χ3n) is 4.07. The number of aromatic nitrogens is 3. The second-order valence-corrected chi connectivity index (χ2v) is 8.84. The van der Waals surface area contributed by atoms with Gasteiger partial charge in [-0.2, -0.15) is 0 Å². The molecular weight excluding hydrogens is 443 g/mol. The zero-order valence-electron chi connectivity index (χ0n) is 16.9. The van der Waals surface area contributed by atoms with Crippen LogP contribution in [-0.2, 0) is 11.8 Å². The number of rotatable bonds is 8. The average molecular weight is 465 g/mol. The van der Waals surface area contributed by atoms with Crippen LogP contribution in [0.1, 0.15) is 13.8 Å². The van der Waals surface area contributed by atoms with Gasteiger partial charge in [0, 0.05) is 17.6 Å². The largest absolute Gasteiger partial charge is 0.493 e. The molecule has 0 saturated carbocycles. The van der Waals surface area contributed by atoms with Crippen molar-refractivity contribution in [3.05, 3.63) is 52.5 Å². The maximum atomic E-state index is 12.3. The van der Waals surface area contributed by atoms with Crippen LogP contribution in [0.25, 0.3) is 11.4 Å². The molecule has 1 aromatic heterocycles. The molecule has 1 amide bonds. The van der Waals surface area contributed by atoms with Crippen LogP contribution >= 0.6 is 35.0 Å². The van der Waals surface area contributed by atoms with Crippen molar-refractivity contribution in [1.29, 1.82) is 0 Å². The Morgan fingerprint density at radius 3 is 2.60 bits per heavy atom. The van der Waals surface area contributed by atoms with Crippen molar-refractivity contribution in [2.45, 2.75) is 19.0 Å². The fourth-order valence-electron chi connectivity index (χ4n) is 2.56. The summed E-state index contributed by atoms with van der Waals surface area (Å²) in [6.45, 7) is 4.89. The minimum atomic E-state index is -0.208. The van der Waals surface area contributed by atoms with E-state index in [1.54, 1.807) is 18.2 Å². The molecule has 0 atom stereocenters. The van der Waals surface area contributed by atoms with E-state index in [0.29, 0.717) is 39.2 Å². The normalized spacial score (nSPS) is 11.0. The van der Waals surface area contributed by atoms with Crippen LogP contribution in [0, 0.1) is 5.92 Å². The van der Waals surface area contributed by atoms with Gasteiger partial charge in [-0.25, -0.2) is 0 Å². The molecular formula is C21H22Cl2N4O2S. The number of hydrogen-bond donors (Lipinski definition) is 1. The van der Waals surface area contributed by atoms with E-state index in [-0.39, 0.29) is 11.7 Å². The molecule has 1 N–H and O–H groups in total. The number of carbonyl (C=O) groups is 1. The predicted octanol–water partition coefficient (Wildman–Crippen LogP) is 5.55. The Hall–Kier alpha value is -2.22. The first-order valence-corrected chi connectivity index (χ1v) is 11.1. The van der Waals surface area contributed by atoms with Crippen LogP contribution in [-0.4, -0.2) is 33.0 Å². The number of benzene rings is 2. The Bertz CT molecular complexity index is 1020. The van der Waals surface area contributed by atoms with E-state index in [9.17, 15) is 4.79 Å². The van der Waals surface area contributed by atoms with E-state index in [2.05, 4.69) is 29.4 Å². The first kappa shape index (κ1) is 22.5. The van der Waals surface area contributed by atoms with Crippen LogP contribution in [0.3, 0.4) is 0 Å². The van der Waals surface area contributed by atoms with Crippen LogP contribution in [0.15, 0.2) is 47.6 Å². The van der Waals surface area contributed by atoms with Crippen LogP contribution in [0.4, 0.5) is 5.69 Å². The van der Waals surface area contributed by atoms with E-state index < -0.39 is 0 Å². The molecule has 0 bridgehead atoms. The number of amides is 1. The van der Waals surface area contributed by atoms with Gasteiger partial charge in [-0.15, -0.1) is 10.2 Å². The molecule has 158 valence electrons. The van der Waals surface area contributed by atoms with Gasteiger partial charge in [0.1, 0.15) is 5.75 Å². The van der Waals surface area contributed by atoms with Crippen molar-refractivity contribution in [3.8, 4) is 17.1 Å². The van der Waals surface area contributed by atoms with Crippen molar-refractivity contribution in [1.82, 2.24) is 14.8 Å². The zero-order valence-corrected chi connectivity index (χ0v) is 19.2. The SMILES string of the molecule is CC(C)COc1ccc(-c2nnc(SCC(=O)Nc3cc(Cl)ccc3Cl)n2C)cc1. The van der Waals surface area contributed by atoms with E-state index in [1.807, 2.05) is 35.9 Å². The van der Waals surface area contributed by atoms with E-state index in [1.165, 1.54) is 11.8 Å². The number of nitrogens with one attached hydrogen (secondary N) is 1. The van der Waals surface area contributed by atoms with Gasteiger partial charge in [0.15, 0.2) is 11.0 Å².